The second kappa shape index (κ2) is 5.54. The Balaban J connectivity index is 2.11. The highest BCUT2D eigenvalue weighted by Crippen LogP contribution is 2.24. The number of aromatic nitrogens is 1. The second-order valence-electron chi connectivity index (χ2n) is 4.42. The quantitative estimate of drug-likeness (QED) is 0.814. The number of hydrogen-bond acceptors (Lipinski definition) is 3. The van der Waals surface area contributed by atoms with E-state index in [4.69, 9.17) is 9.47 Å². The molecule has 18 heavy (non-hydrogen) atoms. The molecule has 1 aromatic heterocycles. The maximum absolute atomic E-state index is 5.66. The van der Waals surface area contributed by atoms with E-state index in [1.165, 1.54) is 0 Å². The standard InChI is InChI=1S/C15H17NO2/c1-11(2)17-13-5-4-6-14(9-13)18-15-8-7-12(3)10-16-15/h4-11H,1-3H3. The summed E-state index contributed by atoms with van der Waals surface area (Å²) in [4.78, 5) is 4.20. The van der Waals surface area contributed by atoms with Crippen molar-refractivity contribution < 1.29 is 9.47 Å². The third-order valence-electron chi connectivity index (χ3n) is 2.28. The van der Waals surface area contributed by atoms with Crippen LogP contribution in [-0.4, -0.2) is 11.1 Å². The van der Waals surface area contributed by atoms with Crippen LogP contribution in [0.2, 0.25) is 0 Å². The van der Waals surface area contributed by atoms with Crippen molar-refractivity contribution in [2.24, 2.45) is 0 Å². The van der Waals surface area contributed by atoms with Gasteiger partial charge in [0.2, 0.25) is 5.88 Å². The number of ether oxygens (including phenoxy) is 2. The topological polar surface area (TPSA) is 31.4 Å². The van der Waals surface area contributed by atoms with E-state index in [2.05, 4.69) is 4.98 Å². The van der Waals surface area contributed by atoms with Gasteiger partial charge in [-0.2, -0.15) is 0 Å². The van der Waals surface area contributed by atoms with E-state index in [1.54, 1.807) is 6.20 Å². The first-order chi connectivity index (χ1) is 8.63. The van der Waals surface area contributed by atoms with Crippen molar-refractivity contribution in [1.82, 2.24) is 4.98 Å². The molecule has 0 fully saturated rings. The fourth-order valence-electron chi connectivity index (χ4n) is 1.52. The molecule has 2 aromatic rings. The zero-order valence-corrected chi connectivity index (χ0v) is 10.9. The van der Waals surface area contributed by atoms with Gasteiger partial charge in [-0.25, -0.2) is 4.98 Å². The van der Waals surface area contributed by atoms with Gasteiger partial charge in [-0.15, -0.1) is 0 Å². The largest absolute Gasteiger partial charge is 0.491 e. The van der Waals surface area contributed by atoms with Crippen molar-refractivity contribution in [3.63, 3.8) is 0 Å². The van der Waals surface area contributed by atoms with Crippen molar-refractivity contribution in [1.29, 1.82) is 0 Å². The van der Waals surface area contributed by atoms with E-state index in [-0.39, 0.29) is 6.10 Å². The third kappa shape index (κ3) is 3.48. The van der Waals surface area contributed by atoms with Crippen molar-refractivity contribution in [2.75, 3.05) is 0 Å². The van der Waals surface area contributed by atoms with Gasteiger partial charge in [0.1, 0.15) is 11.5 Å². The van der Waals surface area contributed by atoms with E-state index >= 15 is 0 Å². The second-order valence-corrected chi connectivity index (χ2v) is 4.42. The van der Waals surface area contributed by atoms with E-state index in [1.807, 2.05) is 57.2 Å². The molecule has 0 saturated carbocycles. The molecule has 0 unspecified atom stereocenters. The minimum absolute atomic E-state index is 0.151. The molecular formula is C15H17NO2. The summed E-state index contributed by atoms with van der Waals surface area (Å²) in [6, 6.07) is 11.4. The SMILES string of the molecule is Cc1ccc(Oc2cccc(OC(C)C)c2)nc1. The van der Waals surface area contributed by atoms with Crippen molar-refractivity contribution in [3.05, 3.63) is 48.2 Å². The fraction of sp³-hybridized carbons (Fsp3) is 0.267. The van der Waals surface area contributed by atoms with Gasteiger partial charge in [0.25, 0.3) is 0 Å². The molecule has 94 valence electrons. The van der Waals surface area contributed by atoms with E-state index in [0.717, 1.165) is 17.1 Å². The lowest BCUT2D eigenvalue weighted by Crippen LogP contribution is -2.05. The van der Waals surface area contributed by atoms with Crippen LogP contribution < -0.4 is 9.47 Å². The maximum Gasteiger partial charge on any atom is 0.219 e. The molecule has 0 saturated heterocycles. The van der Waals surface area contributed by atoms with Gasteiger partial charge < -0.3 is 9.47 Å². The molecule has 2 rings (SSSR count). The van der Waals surface area contributed by atoms with Crippen LogP contribution in [0.1, 0.15) is 19.4 Å². The smallest absolute Gasteiger partial charge is 0.219 e. The average molecular weight is 243 g/mol. The van der Waals surface area contributed by atoms with Crippen LogP contribution in [-0.2, 0) is 0 Å². The minimum atomic E-state index is 0.151. The Morgan fingerprint density at radius 2 is 1.83 bits per heavy atom. The molecule has 0 N–H and O–H groups in total. The normalized spacial score (nSPS) is 10.4. The molecule has 3 nitrogen and oxygen atoms in total. The van der Waals surface area contributed by atoms with E-state index in [9.17, 15) is 0 Å². The Bertz CT molecular complexity index is 506. The Labute approximate surface area is 107 Å². The first-order valence-corrected chi connectivity index (χ1v) is 6.01. The maximum atomic E-state index is 5.66. The van der Waals surface area contributed by atoms with Crippen LogP contribution in [0.5, 0.6) is 17.4 Å². The summed E-state index contributed by atoms with van der Waals surface area (Å²) in [5.74, 6) is 2.11. The predicted octanol–water partition coefficient (Wildman–Crippen LogP) is 3.97. The van der Waals surface area contributed by atoms with Gasteiger partial charge in [-0.05, 0) is 38.5 Å². The molecule has 0 radical (unpaired) electrons. The Morgan fingerprint density at radius 1 is 1.06 bits per heavy atom. The van der Waals surface area contributed by atoms with Crippen LogP contribution >= 0.6 is 0 Å². The molecule has 3 heteroatoms. The number of hydrogen-bond donors (Lipinski definition) is 0. The van der Waals surface area contributed by atoms with Gasteiger partial charge in [0, 0.05) is 18.3 Å². The summed E-state index contributed by atoms with van der Waals surface area (Å²) in [7, 11) is 0. The molecule has 0 atom stereocenters. The zero-order valence-electron chi connectivity index (χ0n) is 10.9. The average Bonchev–Trinajstić information content (AvgIpc) is 2.32. The predicted molar refractivity (Wildman–Crippen MR) is 71.3 cm³/mol. The highest BCUT2D eigenvalue weighted by atomic mass is 16.5. The molecule has 0 bridgehead atoms. The highest BCUT2D eigenvalue weighted by molar-refractivity contribution is 5.35. The lowest BCUT2D eigenvalue weighted by molar-refractivity contribution is 0.241. The number of benzene rings is 1. The van der Waals surface area contributed by atoms with Gasteiger partial charge in [0.05, 0.1) is 6.10 Å². The summed E-state index contributed by atoms with van der Waals surface area (Å²) in [6.07, 6.45) is 1.93. The fourth-order valence-corrected chi connectivity index (χ4v) is 1.52. The summed E-state index contributed by atoms with van der Waals surface area (Å²) >= 11 is 0. The van der Waals surface area contributed by atoms with E-state index < -0.39 is 0 Å². The van der Waals surface area contributed by atoms with Gasteiger partial charge in [-0.1, -0.05) is 12.1 Å². The molecule has 0 aliphatic rings. The molecule has 0 aliphatic heterocycles. The summed E-state index contributed by atoms with van der Waals surface area (Å²) in [5.41, 5.74) is 1.11. The lowest BCUT2D eigenvalue weighted by Gasteiger charge is -2.11. The highest BCUT2D eigenvalue weighted by Gasteiger charge is 2.02. The van der Waals surface area contributed by atoms with Crippen molar-refractivity contribution in [3.8, 4) is 17.4 Å². The first-order valence-electron chi connectivity index (χ1n) is 6.01. The summed E-state index contributed by atoms with van der Waals surface area (Å²) in [6.45, 7) is 5.98. The monoisotopic (exact) mass is 243 g/mol. The minimum Gasteiger partial charge on any atom is -0.491 e. The Hall–Kier alpha value is -2.03. The number of rotatable bonds is 4. The molecule has 1 aromatic carbocycles. The van der Waals surface area contributed by atoms with Crippen LogP contribution in [0.3, 0.4) is 0 Å². The first kappa shape index (κ1) is 12.4. The lowest BCUT2D eigenvalue weighted by atomic mass is 10.3. The third-order valence-corrected chi connectivity index (χ3v) is 2.28. The summed E-state index contributed by atoms with van der Waals surface area (Å²) in [5, 5.41) is 0. The molecular weight excluding hydrogens is 226 g/mol. The molecule has 1 heterocycles. The molecule has 0 aliphatic carbocycles. The van der Waals surface area contributed by atoms with Gasteiger partial charge in [0.15, 0.2) is 0 Å². The summed E-state index contributed by atoms with van der Waals surface area (Å²) < 4.78 is 11.3. The number of aryl methyl sites for hydroxylation is 1. The van der Waals surface area contributed by atoms with Crippen molar-refractivity contribution >= 4 is 0 Å². The Morgan fingerprint density at radius 3 is 2.50 bits per heavy atom. The van der Waals surface area contributed by atoms with Crippen molar-refractivity contribution in [2.45, 2.75) is 26.9 Å². The molecule has 0 amide bonds. The van der Waals surface area contributed by atoms with Crippen LogP contribution in [0.4, 0.5) is 0 Å². The van der Waals surface area contributed by atoms with Gasteiger partial charge >= 0.3 is 0 Å². The zero-order chi connectivity index (χ0) is 13.0. The Kier molecular flexibility index (Phi) is 3.82. The number of nitrogens with zero attached hydrogens (tertiary/aromatic N) is 1. The number of pyridine rings is 1. The van der Waals surface area contributed by atoms with E-state index in [0.29, 0.717) is 5.88 Å². The van der Waals surface area contributed by atoms with Crippen LogP contribution in [0.15, 0.2) is 42.6 Å². The van der Waals surface area contributed by atoms with Crippen LogP contribution in [0.25, 0.3) is 0 Å². The van der Waals surface area contributed by atoms with Crippen LogP contribution in [0, 0.1) is 6.92 Å². The molecule has 0 spiro atoms. The van der Waals surface area contributed by atoms with Gasteiger partial charge in [-0.3, -0.25) is 0 Å².